The molecule has 0 saturated heterocycles. The minimum absolute atomic E-state index is 0.376. The van der Waals surface area contributed by atoms with Crippen LogP contribution < -0.4 is 5.32 Å². The maximum atomic E-state index is 5.45. The van der Waals surface area contributed by atoms with Crippen LogP contribution in [0.25, 0.3) is 0 Å². The van der Waals surface area contributed by atoms with E-state index in [1.54, 1.807) is 6.26 Å². The fourth-order valence-corrected chi connectivity index (χ4v) is 2.29. The lowest BCUT2D eigenvalue weighted by molar-refractivity contribution is 0.360. The number of nitrogens with one attached hydrogen (secondary N) is 1. The highest BCUT2D eigenvalue weighted by Crippen LogP contribution is 2.21. The van der Waals surface area contributed by atoms with Crippen molar-refractivity contribution in [1.82, 2.24) is 5.32 Å². The zero-order chi connectivity index (χ0) is 11.2. The zero-order valence-electron chi connectivity index (χ0n) is 9.99. The quantitative estimate of drug-likeness (QED) is 0.764. The molecule has 0 aliphatic heterocycles. The molecular formula is C14H21NO. The lowest BCUT2D eigenvalue weighted by atomic mass is 9.94. The van der Waals surface area contributed by atoms with Gasteiger partial charge in [-0.1, -0.05) is 19.1 Å². The monoisotopic (exact) mass is 219 g/mol. The Morgan fingerprint density at radius 3 is 3.06 bits per heavy atom. The summed E-state index contributed by atoms with van der Waals surface area (Å²) in [6.07, 6.45) is 11.2. The van der Waals surface area contributed by atoms with E-state index in [0.29, 0.717) is 6.04 Å². The van der Waals surface area contributed by atoms with E-state index in [4.69, 9.17) is 4.42 Å². The summed E-state index contributed by atoms with van der Waals surface area (Å²) in [7, 11) is 0. The van der Waals surface area contributed by atoms with E-state index in [1.165, 1.54) is 19.3 Å². The molecule has 0 spiro atoms. The number of hydrogen-bond acceptors (Lipinski definition) is 2. The third-order valence-electron chi connectivity index (χ3n) is 3.33. The van der Waals surface area contributed by atoms with Crippen molar-refractivity contribution in [3.05, 3.63) is 36.3 Å². The van der Waals surface area contributed by atoms with Crippen molar-refractivity contribution in [2.75, 3.05) is 6.54 Å². The van der Waals surface area contributed by atoms with Crippen molar-refractivity contribution >= 4 is 0 Å². The lowest BCUT2D eigenvalue weighted by Crippen LogP contribution is -2.27. The van der Waals surface area contributed by atoms with E-state index in [0.717, 1.165) is 24.6 Å². The third-order valence-corrected chi connectivity index (χ3v) is 3.33. The van der Waals surface area contributed by atoms with Crippen LogP contribution in [-0.2, 0) is 0 Å². The molecule has 2 unspecified atom stereocenters. The molecule has 2 rings (SSSR count). The normalized spacial score (nSPS) is 22.2. The molecule has 16 heavy (non-hydrogen) atoms. The largest absolute Gasteiger partial charge is 0.468 e. The molecule has 0 radical (unpaired) electrons. The Labute approximate surface area is 97.7 Å². The molecule has 1 aromatic rings. The lowest BCUT2D eigenvalue weighted by Gasteiger charge is -2.21. The number of allylic oxidation sites excluding steroid dienone is 2. The van der Waals surface area contributed by atoms with Crippen LogP contribution in [0.5, 0.6) is 0 Å². The van der Waals surface area contributed by atoms with Crippen molar-refractivity contribution in [2.45, 2.75) is 38.6 Å². The molecule has 88 valence electrons. The van der Waals surface area contributed by atoms with Crippen LogP contribution in [0.1, 0.15) is 44.4 Å². The van der Waals surface area contributed by atoms with Crippen LogP contribution in [0.15, 0.2) is 35.0 Å². The molecular weight excluding hydrogens is 198 g/mol. The Kier molecular flexibility index (Phi) is 4.23. The first-order chi connectivity index (χ1) is 7.90. The predicted molar refractivity (Wildman–Crippen MR) is 66.2 cm³/mol. The molecule has 2 nitrogen and oxygen atoms in total. The first-order valence-electron chi connectivity index (χ1n) is 6.32. The van der Waals surface area contributed by atoms with Crippen LogP contribution in [0.2, 0.25) is 0 Å². The maximum Gasteiger partial charge on any atom is 0.120 e. The van der Waals surface area contributed by atoms with Gasteiger partial charge in [0.25, 0.3) is 0 Å². The molecule has 0 fully saturated rings. The average Bonchev–Trinajstić information content (AvgIpc) is 2.85. The molecule has 0 saturated carbocycles. The second-order valence-corrected chi connectivity index (χ2v) is 4.53. The number of hydrogen-bond donors (Lipinski definition) is 1. The molecule has 0 bridgehead atoms. The fraction of sp³-hybridized carbons (Fsp3) is 0.571. The zero-order valence-corrected chi connectivity index (χ0v) is 9.99. The van der Waals surface area contributed by atoms with E-state index < -0.39 is 0 Å². The van der Waals surface area contributed by atoms with E-state index in [2.05, 4.69) is 30.5 Å². The van der Waals surface area contributed by atoms with Crippen LogP contribution in [0.4, 0.5) is 0 Å². The molecule has 0 amide bonds. The van der Waals surface area contributed by atoms with E-state index >= 15 is 0 Å². The van der Waals surface area contributed by atoms with Gasteiger partial charge >= 0.3 is 0 Å². The third kappa shape index (κ3) is 2.99. The Hall–Kier alpha value is -1.02. The molecule has 2 heteroatoms. The summed E-state index contributed by atoms with van der Waals surface area (Å²) in [6.45, 7) is 3.30. The second kappa shape index (κ2) is 5.90. The Morgan fingerprint density at radius 2 is 2.44 bits per heavy atom. The van der Waals surface area contributed by atoms with Gasteiger partial charge in [0.2, 0.25) is 0 Å². The van der Waals surface area contributed by atoms with Crippen LogP contribution in [-0.4, -0.2) is 6.54 Å². The van der Waals surface area contributed by atoms with Gasteiger partial charge in [0.05, 0.1) is 12.3 Å². The van der Waals surface area contributed by atoms with Crippen LogP contribution >= 0.6 is 0 Å². The Morgan fingerprint density at radius 1 is 1.50 bits per heavy atom. The minimum atomic E-state index is 0.376. The summed E-state index contributed by atoms with van der Waals surface area (Å²) in [5.41, 5.74) is 0. The second-order valence-electron chi connectivity index (χ2n) is 4.53. The topological polar surface area (TPSA) is 25.2 Å². The summed E-state index contributed by atoms with van der Waals surface area (Å²) in [6, 6.07) is 4.39. The van der Waals surface area contributed by atoms with Gasteiger partial charge in [-0.05, 0) is 50.3 Å². The standard InChI is InChI=1S/C14H21NO/c1-2-13(14-9-6-10-16-14)15-11-12-7-4-3-5-8-12/h3-4,6,9-10,12-13,15H,2,5,7-8,11H2,1H3. The molecule has 0 aromatic carbocycles. The average molecular weight is 219 g/mol. The highest BCUT2D eigenvalue weighted by molar-refractivity contribution is 5.04. The predicted octanol–water partition coefficient (Wildman–Crippen LogP) is 3.68. The van der Waals surface area contributed by atoms with Gasteiger partial charge in [-0.15, -0.1) is 0 Å². The van der Waals surface area contributed by atoms with Crippen molar-refractivity contribution in [3.63, 3.8) is 0 Å². The van der Waals surface area contributed by atoms with Gasteiger partial charge in [0.15, 0.2) is 0 Å². The van der Waals surface area contributed by atoms with Gasteiger partial charge in [0.1, 0.15) is 5.76 Å². The Balaban J connectivity index is 1.81. The Bertz CT molecular complexity index is 315. The van der Waals surface area contributed by atoms with E-state index in [-0.39, 0.29) is 0 Å². The van der Waals surface area contributed by atoms with Crippen LogP contribution in [0.3, 0.4) is 0 Å². The molecule has 1 aliphatic rings. The SMILES string of the molecule is CCC(NCC1CC=CCC1)c1ccco1. The van der Waals surface area contributed by atoms with Crippen molar-refractivity contribution in [3.8, 4) is 0 Å². The summed E-state index contributed by atoms with van der Waals surface area (Å²) in [5.74, 6) is 1.86. The van der Waals surface area contributed by atoms with E-state index in [9.17, 15) is 0 Å². The maximum absolute atomic E-state index is 5.45. The summed E-state index contributed by atoms with van der Waals surface area (Å²) < 4.78 is 5.45. The van der Waals surface area contributed by atoms with Crippen molar-refractivity contribution in [2.24, 2.45) is 5.92 Å². The van der Waals surface area contributed by atoms with Gasteiger partial charge < -0.3 is 9.73 Å². The molecule has 1 aliphatic carbocycles. The summed E-state index contributed by atoms with van der Waals surface area (Å²) >= 11 is 0. The van der Waals surface area contributed by atoms with E-state index in [1.807, 2.05) is 6.07 Å². The van der Waals surface area contributed by atoms with Gasteiger partial charge in [-0.2, -0.15) is 0 Å². The number of rotatable bonds is 5. The summed E-state index contributed by atoms with van der Waals surface area (Å²) in [5, 5.41) is 3.61. The molecule has 1 N–H and O–H groups in total. The van der Waals surface area contributed by atoms with Gasteiger partial charge in [-0.25, -0.2) is 0 Å². The number of furan rings is 1. The minimum Gasteiger partial charge on any atom is -0.468 e. The van der Waals surface area contributed by atoms with Crippen LogP contribution in [0, 0.1) is 5.92 Å². The highest BCUT2D eigenvalue weighted by atomic mass is 16.3. The van der Waals surface area contributed by atoms with Gasteiger partial charge in [-0.3, -0.25) is 0 Å². The first kappa shape index (κ1) is 11.5. The van der Waals surface area contributed by atoms with Gasteiger partial charge in [0, 0.05) is 0 Å². The highest BCUT2D eigenvalue weighted by Gasteiger charge is 2.15. The van der Waals surface area contributed by atoms with Crippen molar-refractivity contribution < 1.29 is 4.42 Å². The smallest absolute Gasteiger partial charge is 0.120 e. The first-order valence-corrected chi connectivity index (χ1v) is 6.32. The molecule has 1 aromatic heterocycles. The fourth-order valence-electron chi connectivity index (χ4n) is 2.29. The molecule has 1 heterocycles. The van der Waals surface area contributed by atoms with Crippen molar-refractivity contribution in [1.29, 1.82) is 0 Å². The summed E-state index contributed by atoms with van der Waals surface area (Å²) in [4.78, 5) is 0. The molecule has 2 atom stereocenters.